The summed E-state index contributed by atoms with van der Waals surface area (Å²) in [6.07, 6.45) is 0.0320. The summed E-state index contributed by atoms with van der Waals surface area (Å²) < 4.78 is 11.9. The van der Waals surface area contributed by atoms with Gasteiger partial charge in [-0.3, -0.25) is 4.98 Å². The molecular formula is C14H23BN2O3. The van der Waals surface area contributed by atoms with Gasteiger partial charge in [0.2, 0.25) is 0 Å². The van der Waals surface area contributed by atoms with E-state index >= 15 is 0 Å². The third kappa shape index (κ3) is 2.82. The van der Waals surface area contributed by atoms with Crippen molar-refractivity contribution >= 4 is 18.4 Å². The third-order valence-electron chi connectivity index (χ3n) is 4.00. The highest BCUT2D eigenvalue weighted by Gasteiger charge is 2.52. The summed E-state index contributed by atoms with van der Waals surface area (Å²) in [5.74, 6) is 0. The van der Waals surface area contributed by atoms with Gasteiger partial charge in [-0.1, -0.05) is 0 Å². The Kier molecular flexibility index (Phi) is 3.84. The van der Waals surface area contributed by atoms with Crippen LogP contribution in [0.5, 0.6) is 0 Å². The summed E-state index contributed by atoms with van der Waals surface area (Å²) >= 11 is 0. The van der Waals surface area contributed by atoms with Gasteiger partial charge in [0, 0.05) is 17.8 Å². The molecule has 0 spiro atoms. The molecule has 1 aliphatic rings. The van der Waals surface area contributed by atoms with Crippen molar-refractivity contribution in [2.45, 2.75) is 58.3 Å². The van der Waals surface area contributed by atoms with Crippen LogP contribution < -0.4 is 11.3 Å². The second kappa shape index (κ2) is 5.02. The Bertz CT molecular complexity index is 487. The lowest BCUT2D eigenvalue weighted by Gasteiger charge is -2.32. The summed E-state index contributed by atoms with van der Waals surface area (Å²) in [6, 6.07) is 3.60. The number of rotatable bonds is 3. The number of hydrogen-bond acceptors (Lipinski definition) is 5. The second-order valence-electron chi connectivity index (χ2n) is 6.42. The van der Waals surface area contributed by atoms with Crippen LogP contribution in [0, 0.1) is 0 Å². The van der Waals surface area contributed by atoms with Gasteiger partial charge in [0.05, 0.1) is 22.9 Å². The van der Waals surface area contributed by atoms with Gasteiger partial charge < -0.3 is 20.1 Å². The molecule has 0 aliphatic carbocycles. The Labute approximate surface area is 120 Å². The third-order valence-corrected chi connectivity index (χ3v) is 4.00. The van der Waals surface area contributed by atoms with Crippen LogP contribution in [0.15, 0.2) is 12.1 Å². The zero-order chi connectivity index (χ0) is 15.1. The van der Waals surface area contributed by atoms with Crippen molar-refractivity contribution in [3.05, 3.63) is 17.8 Å². The van der Waals surface area contributed by atoms with E-state index in [-0.39, 0.29) is 0 Å². The van der Waals surface area contributed by atoms with Crippen molar-refractivity contribution in [3.63, 3.8) is 0 Å². The average Bonchev–Trinajstić information content (AvgIpc) is 2.50. The quantitative estimate of drug-likeness (QED) is 0.803. The molecule has 6 heteroatoms. The molecule has 2 heterocycles. The van der Waals surface area contributed by atoms with Gasteiger partial charge in [-0.05, 0) is 46.8 Å². The largest absolute Gasteiger partial charge is 0.516 e. The molecule has 0 aromatic carbocycles. The molecule has 1 aliphatic heterocycles. The van der Waals surface area contributed by atoms with Gasteiger partial charge in [0.15, 0.2) is 0 Å². The van der Waals surface area contributed by atoms with Crippen LogP contribution in [0.2, 0.25) is 0 Å². The van der Waals surface area contributed by atoms with Crippen molar-refractivity contribution < 1.29 is 14.4 Å². The number of nitrogens with zero attached hydrogens (tertiary/aromatic N) is 1. The zero-order valence-electron chi connectivity index (χ0n) is 12.8. The van der Waals surface area contributed by atoms with Crippen LogP contribution in [0.4, 0.5) is 5.69 Å². The van der Waals surface area contributed by atoms with Crippen LogP contribution in [-0.4, -0.2) is 34.5 Å². The molecule has 0 bridgehead atoms. The van der Waals surface area contributed by atoms with Crippen molar-refractivity contribution in [1.29, 1.82) is 0 Å². The Hall–Kier alpha value is -1.11. The maximum Gasteiger partial charge on any atom is 0.516 e. The minimum Gasteiger partial charge on any atom is -0.398 e. The van der Waals surface area contributed by atoms with Gasteiger partial charge >= 0.3 is 7.12 Å². The van der Waals surface area contributed by atoms with Gasteiger partial charge in [0.1, 0.15) is 0 Å². The molecule has 110 valence electrons. The zero-order valence-corrected chi connectivity index (χ0v) is 12.8. The molecule has 1 saturated heterocycles. The molecule has 0 amide bonds. The molecule has 0 radical (unpaired) electrons. The number of aromatic nitrogens is 1. The fourth-order valence-corrected chi connectivity index (χ4v) is 2.09. The van der Waals surface area contributed by atoms with Gasteiger partial charge in [-0.15, -0.1) is 0 Å². The lowest BCUT2D eigenvalue weighted by Crippen LogP contribution is -2.41. The lowest BCUT2D eigenvalue weighted by atomic mass is 9.82. The van der Waals surface area contributed by atoms with Gasteiger partial charge in [-0.2, -0.15) is 0 Å². The van der Waals surface area contributed by atoms with E-state index in [1.54, 1.807) is 13.0 Å². The van der Waals surface area contributed by atoms with Crippen molar-refractivity contribution in [3.8, 4) is 0 Å². The highest BCUT2D eigenvalue weighted by Crippen LogP contribution is 2.36. The molecule has 1 fully saturated rings. The van der Waals surface area contributed by atoms with Crippen molar-refractivity contribution in [2.24, 2.45) is 0 Å². The molecule has 2 rings (SSSR count). The fraction of sp³-hybridized carbons (Fsp3) is 0.643. The summed E-state index contributed by atoms with van der Waals surface area (Å²) in [6.45, 7) is 9.68. The van der Waals surface area contributed by atoms with Crippen molar-refractivity contribution in [2.75, 3.05) is 5.73 Å². The highest BCUT2D eigenvalue weighted by atomic mass is 16.7. The Morgan fingerprint density at radius 2 is 1.80 bits per heavy atom. The number of pyridine rings is 1. The number of nitrogen functional groups attached to an aromatic ring is 1. The first-order valence-electron chi connectivity index (χ1n) is 6.91. The molecule has 1 unspecified atom stereocenters. The molecule has 20 heavy (non-hydrogen) atoms. The van der Waals surface area contributed by atoms with E-state index in [9.17, 15) is 5.11 Å². The number of aliphatic hydroxyl groups is 1. The number of nitrogens with two attached hydrogens (primary N) is 1. The maximum atomic E-state index is 9.46. The summed E-state index contributed by atoms with van der Waals surface area (Å²) in [5.41, 5.74) is 7.04. The maximum absolute atomic E-state index is 9.46. The lowest BCUT2D eigenvalue weighted by molar-refractivity contribution is 0.00578. The monoisotopic (exact) mass is 278 g/mol. The first-order chi connectivity index (χ1) is 9.12. The summed E-state index contributed by atoms with van der Waals surface area (Å²) in [5, 5.41) is 9.46. The number of aliphatic hydroxyl groups excluding tert-OH is 1. The normalized spacial score (nSPS) is 22.0. The van der Waals surface area contributed by atoms with E-state index in [1.807, 2.05) is 33.8 Å². The van der Waals surface area contributed by atoms with Crippen LogP contribution >= 0.6 is 0 Å². The topological polar surface area (TPSA) is 77.6 Å². The number of hydrogen-bond donors (Lipinski definition) is 2. The van der Waals surface area contributed by atoms with Crippen LogP contribution in [0.1, 0.15) is 40.3 Å². The molecule has 1 aromatic heterocycles. The van der Waals surface area contributed by atoms with Gasteiger partial charge in [0.25, 0.3) is 0 Å². The van der Waals surface area contributed by atoms with Gasteiger partial charge in [-0.25, -0.2) is 0 Å². The first kappa shape index (κ1) is 15.3. The highest BCUT2D eigenvalue weighted by molar-refractivity contribution is 6.62. The Morgan fingerprint density at radius 3 is 2.30 bits per heavy atom. The molecule has 3 N–H and O–H groups in total. The molecule has 1 aromatic rings. The average molecular weight is 278 g/mol. The summed E-state index contributed by atoms with van der Waals surface area (Å²) in [7, 11) is -0.575. The molecular weight excluding hydrogens is 255 g/mol. The minimum absolute atomic E-state index is 0.425. The predicted molar refractivity (Wildman–Crippen MR) is 79.8 cm³/mol. The predicted octanol–water partition coefficient (Wildman–Crippen LogP) is 0.886. The standard InChI is InChI=1S/C14H23BN2O3/c1-9(18)8-10-6-7-11(16)12(17-10)15-19-13(2,3)14(4,5)20-15/h6-7,9,18H,8,16H2,1-5H3. The van der Waals surface area contributed by atoms with E-state index in [4.69, 9.17) is 15.0 Å². The minimum atomic E-state index is -0.575. The van der Waals surface area contributed by atoms with E-state index in [0.717, 1.165) is 5.69 Å². The Balaban J connectivity index is 2.30. The van der Waals surface area contributed by atoms with E-state index < -0.39 is 24.4 Å². The fourth-order valence-electron chi connectivity index (χ4n) is 2.09. The molecule has 1 atom stereocenters. The summed E-state index contributed by atoms with van der Waals surface area (Å²) in [4.78, 5) is 4.49. The molecule has 0 saturated carbocycles. The van der Waals surface area contributed by atoms with E-state index in [2.05, 4.69) is 4.98 Å². The SMILES string of the molecule is CC(O)Cc1ccc(N)c(B2OC(C)(C)C(C)(C)O2)n1. The first-order valence-corrected chi connectivity index (χ1v) is 6.91. The Morgan fingerprint density at radius 1 is 1.25 bits per heavy atom. The molecule has 5 nitrogen and oxygen atoms in total. The van der Waals surface area contributed by atoms with E-state index in [0.29, 0.717) is 17.7 Å². The van der Waals surface area contributed by atoms with Crippen LogP contribution in [0.3, 0.4) is 0 Å². The van der Waals surface area contributed by atoms with Crippen LogP contribution in [-0.2, 0) is 15.7 Å². The second-order valence-corrected chi connectivity index (χ2v) is 6.42. The van der Waals surface area contributed by atoms with E-state index in [1.165, 1.54) is 0 Å². The van der Waals surface area contributed by atoms with Crippen LogP contribution in [0.25, 0.3) is 0 Å². The number of anilines is 1. The smallest absolute Gasteiger partial charge is 0.398 e. The van der Waals surface area contributed by atoms with Crippen molar-refractivity contribution in [1.82, 2.24) is 4.98 Å².